The quantitative estimate of drug-likeness (QED) is 0.0960. The molecular weight excluding hydrogens is 586 g/mol. The van der Waals surface area contributed by atoms with Gasteiger partial charge in [-0.1, -0.05) is 12.1 Å². The number of nitrogens with zero attached hydrogens (tertiary/aromatic N) is 3. The van der Waals surface area contributed by atoms with Crippen molar-refractivity contribution in [3.63, 3.8) is 0 Å². The molecule has 14 heteroatoms. The lowest BCUT2D eigenvalue weighted by atomic mass is 9.86. The van der Waals surface area contributed by atoms with Gasteiger partial charge in [0.05, 0.1) is 18.7 Å². The number of benzene rings is 2. The second kappa shape index (κ2) is 13.8. The fourth-order valence-corrected chi connectivity index (χ4v) is 4.50. The second-order valence-electron chi connectivity index (χ2n) is 9.74. The lowest BCUT2D eigenvalue weighted by Gasteiger charge is -2.21. The lowest BCUT2D eigenvalue weighted by molar-refractivity contribution is -0.285. The van der Waals surface area contributed by atoms with Crippen molar-refractivity contribution in [2.75, 3.05) is 37.5 Å². The van der Waals surface area contributed by atoms with E-state index in [4.69, 9.17) is 4.74 Å². The summed E-state index contributed by atoms with van der Waals surface area (Å²) >= 11 is 0. The maximum absolute atomic E-state index is 15.8. The highest BCUT2D eigenvalue weighted by atomic mass is 19.4. The molecule has 0 amide bonds. The molecule has 0 spiro atoms. The maximum atomic E-state index is 15.8. The summed E-state index contributed by atoms with van der Waals surface area (Å²) in [4.78, 5) is 40.1. The lowest BCUT2D eigenvalue weighted by Crippen LogP contribution is -2.27. The van der Waals surface area contributed by atoms with Crippen molar-refractivity contribution in [1.29, 1.82) is 5.26 Å². The molecule has 2 heterocycles. The molecule has 1 unspecified atom stereocenters. The first kappa shape index (κ1) is 31.6. The molecule has 0 bridgehead atoms. The summed E-state index contributed by atoms with van der Waals surface area (Å²) < 4.78 is 59.1. The minimum atomic E-state index is -5.39. The molecule has 44 heavy (non-hydrogen) atoms. The van der Waals surface area contributed by atoms with E-state index in [2.05, 4.69) is 25.1 Å². The number of aromatic nitrogens is 2. The van der Waals surface area contributed by atoms with Crippen molar-refractivity contribution < 1.29 is 41.7 Å². The molecule has 0 fully saturated rings. The zero-order chi connectivity index (χ0) is 31.9. The van der Waals surface area contributed by atoms with Crippen LogP contribution >= 0.6 is 0 Å². The molecule has 4 rings (SSSR count). The van der Waals surface area contributed by atoms with Gasteiger partial charge in [0.25, 0.3) is 0 Å². The van der Waals surface area contributed by atoms with Crippen LogP contribution in [0.4, 0.5) is 29.1 Å². The van der Waals surface area contributed by atoms with Crippen LogP contribution in [0.2, 0.25) is 0 Å². The Hall–Kier alpha value is -5.32. The zero-order valence-corrected chi connectivity index (χ0v) is 23.6. The maximum Gasteiger partial charge on any atom is 0.495 e. The van der Waals surface area contributed by atoms with E-state index in [0.29, 0.717) is 41.8 Å². The van der Waals surface area contributed by atoms with Gasteiger partial charge < -0.3 is 19.9 Å². The first-order chi connectivity index (χ1) is 21.0. The minimum Gasteiger partial charge on any atom is -0.493 e. The Bertz CT molecular complexity index is 1670. The molecule has 2 aromatic carbocycles. The molecule has 2 N–H and O–H groups in total. The SMILES string of the molecule is CN(C)c1ccc(C(CC(=O)OOC(=O)C(F)(F)F)c2c[nH]c3cc(OCCCNc4ccccn4)ccc23)c(F)c1C#N. The highest BCUT2D eigenvalue weighted by Gasteiger charge is 2.43. The van der Waals surface area contributed by atoms with E-state index in [1.54, 1.807) is 38.5 Å². The standard InChI is InChI=1S/C30H27F4N5O5/c1-39(2)25-10-9-20(28(31)22(25)16-35)21(15-27(40)43-44-29(41)30(32,33)34)23-17-38-24-14-18(7-8-19(23)24)42-13-5-12-37-26-6-3-4-11-36-26/h3-4,6-11,14,17,21,38H,5,12-13,15H2,1-2H3,(H,36,37). The molecular formula is C30H27F4N5O5. The number of rotatable bonds is 11. The van der Waals surface area contributed by atoms with E-state index in [1.165, 1.54) is 23.2 Å². The van der Waals surface area contributed by atoms with Gasteiger partial charge in [-0.05, 0) is 47.9 Å². The summed E-state index contributed by atoms with van der Waals surface area (Å²) in [5.41, 5.74) is 0.850. The van der Waals surface area contributed by atoms with E-state index < -0.39 is 36.3 Å². The highest BCUT2D eigenvalue weighted by Crippen LogP contribution is 2.38. The fraction of sp³-hybridized carbons (Fsp3) is 0.267. The van der Waals surface area contributed by atoms with Gasteiger partial charge in [-0.25, -0.2) is 28.7 Å². The number of aromatic amines is 1. The summed E-state index contributed by atoms with van der Waals surface area (Å²) in [6.45, 7) is 1.02. The topological polar surface area (TPSA) is 130 Å². The van der Waals surface area contributed by atoms with Gasteiger partial charge in [0, 0.05) is 55.9 Å². The van der Waals surface area contributed by atoms with Gasteiger partial charge in [0.15, 0.2) is 0 Å². The largest absolute Gasteiger partial charge is 0.495 e. The third-order valence-electron chi connectivity index (χ3n) is 6.55. The van der Waals surface area contributed by atoms with E-state index >= 15 is 4.39 Å². The number of pyridine rings is 1. The summed E-state index contributed by atoms with van der Waals surface area (Å²) in [5.74, 6) is -4.86. The molecule has 2 aromatic heterocycles. The van der Waals surface area contributed by atoms with Gasteiger partial charge in [0.1, 0.15) is 29.0 Å². The van der Waals surface area contributed by atoms with E-state index in [9.17, 15) is 28.0 Å². The number of anilines is 2. The van der Waals surface area contributed by atoms with Gasteiger partial charge in [0.2, 0.25) is 0 Å². The predicted molar refractivity (Wildman–Crippen MR) is 151 cm³/mol. The third kappa shape index (κ3) is 7.54. The van der Waals surface area contributed by atoms with E-state index in [0.717, 1.165) is 5.82 Å². The number of ether oxygens (including phenoxy) is 1. The van der Waals surface area contributed by atoms with Crippen LogP contribution in [0.3, 0.4) is 0 Å². The highest BCUT2D eigenvalue weighted by molar-refractivity contribution is 5.86. The van der Waals surface area contributed by atoms with Gasteiger partial charge in [-0.3, -0.25) is 0 Å². The summed E-state index contributed by atoms with van der Waals surface area (Å²) in [5, 5.41) is 13.4. The number of fused-ring (bicyclic) bond motifs is 1. The number of halogens is 4. The molecule has 0 aliphatic rings. The van der Waals surface area contributed by atoms with Crippen molar-refractivity contribution >= 4 is 34.3 Å². The van der Waals surface area contributed by atoms with Gasteiger partial charge in [-0.2, -0.15) is 18.4 Å². The summed E-state index contributed by atoms with van der Waals surface area (Å²) in [6, 6.07) is 15.3. The van der Waals surface area contributed by atoms with Crippen LogP contribution in [0.1, 0.15) is 35.4 Å². The normalized spacial score (nSPS) is 11.8. The van der Waals surface area contributed by atoms with Crippen LogP contribution in [0.25, 0.3) is 10.9 Å². The Balaban J connectivity index is 1.57. The fourth-order valence-electron chi connectivity index (χ4n) is 4.50. The van der Waals surface area contributed by atoms with Crippen molar-refractivity contribution in [1.82, 2.24) is 9.97 Å². The van der Waals surface area contributed by atoms with Crippen molar-refractivity contribution in [2.24, 2.45) is 0 Å². The van der Waals surface area contributed by atoms with Crippen LogP contribution in [0.5, 0.6) is 5.75 Å². The molecule has 230 valence electrons. The van der Waals surface area contributed by atoms with E-state index in [-0.39, 0.29) is 16.8 Å². The number of nitrogens with one attached hydrogen (secondary N) is 2. The minimum absolute atomic E-state index is 0.0899. The van der Waals surface area contributed by atoms with Crippen LogP contribution in [-0.2, 0) is 19.4 Å². The van der Waals surface area contributed by atoms with Crippen molar-refractivity contribution in [2.45, 2.75) is 24.9 Å². The Morgan fingerprint density at radius 3 is 2.59 bits per heavy atom. The smallest absolute Gasteiger partial charge is 0.493 e. The monoisotopic (exact) mass is 613 g/mol. The average Bonchev–Trinajstić information content (AvgIpc) is 3.41. The number of alkyl halides is 3. The number of nitriles is 1. The molecule has 10 nitrogen and oxygen atoms in total. The van der Waals surface area contributed by atoms with E-state index in [1.807, 2.05) is 24.3 Å². The van der Waals surface area contributed by atoms with Crippen LogP contribution in [-0.4, -0.2) is 55.3 Å². The first-order valence-corrected chi connectivity index (χ1v) is 13.3. The van der Waals surface area contributed by atoms with Crippen molar-refractivity contribution in [3.05, 3.63) is 83.4 Å². The third-order valence-corrected chi connectivity index (χ3v) is 6.55. The van der Waals surface area contributed by atoms with Gasteiger partial charge >= 0.3 is 18.1 Å². The molecule has 1 atom stereocenters. The summed E-state index contributed by atoms with van der Waals surface area (Å²) in [7, 11) is 3.24. The van der Waals surface area contributed by atoms with Crippen LogP contribution in [0, 0.1) is 17.1 Å². The predicted octanol–water partition coefficient (Wildman–Crippen LogP) is 5.61. The molecule has 0 aliphatic heterocycles. The molecule has 0 saturated heterocycles. The number of carbonyl (C=O) groups excluding carboxylic acids is 2. The molecule has 0 saturated carbocycles. The Morgan fingerprint density at radius 1 is 1.11 bits per heavy atom. The Labute approximate surface area is 249 Å². The summed E-state index contributed by atoms with van der Waals surface area (Å²) in [6.07, 6.45) is -2.23. The zero-order valence-electron chi connectivity index (χ0n) is 23.6. The molecule has 0 aliphatic carbocycles. The number of carbonyl (C=O) groups is 2. The average molecular weight is 614 g/mol. The van der Waals surface area contributed by atoms with Gasteiger partial charge in [-0.15, -0.1) is 0 Å². The Morgan fingerprint density at radius 2 is 1.91 bits per heavy atom. The Kier molecular flexibility index (Phi) is 9.89. The molecule has 4 aromatic rings. The van der Waals surface area contributed by atoms with Crippen LogP contribution in [0.15, 0.2) is 60.9 Å². The molecule has 0 radical (unpaired) electrons. The first-order valence-electron chi connectivity index (χ1n) is 13.3. The second-order valence-corrected chi connectivity index (χ2v) is 9.74. The number of hydrogen-bond acceptors (Lipinski definition) is 9. The number of hydrogen-bond donors (Lipinski definition) is 2. The van der Waals surface area contributed by atoms with Crippen LogP contribution < -0.4 is 15.0 Å². The number of H-pyrrole nitrogens is 1. The van der Waals surface area contributed by atoms with Crippen molar-refractivity contribution in [3.8, 4) is 11.8 Å².